The van der Waals surface area contributed by atoms with Crippen molar-refractivity contribution >= 4 is 17.0 Å². The zero-order valence-corrected chi connectivity index (χ0v) is 11.1. The SMILES string of the molecule is N#CC(C#N)=C(C#N)Nc1cccc(-c2cccs2)c1. The number of hydrogen-bond acceptors (Lipinski definition) is 5. The molecule has 0 spiro atoms. The molecular weight excluding hydrogens is 268 g/mol. The predicted octanol–water partition coefficient (Wildman–Crippen LogP) is 3.65. The summed E-state index contributed by atoms with van der Waals surface area (Å²) in [4.78, 5) is 1.11. The summed E-state index contributed by atoms with van der Waals surface area (Å²) in [5.74, 6) is 0. The highest BCUT2D eigenvalue weighted by atomic mass is 32.1. The van der Waals surface area contributed by atoms with Crippen molar-refractivity contribution in [3.8, 4) is 28.6 Å². The first-order valence-corrected chi connectivity index (χ1v) is 6.52. The minimum absolute atomic E-state index is 0.0432. The van der Waals surface area contributed by atoms with Crippen molar-refractivity contribution < 1.29 is 0 Å². The molecule has 0 saturated heterocycles. The van der Waals surface area contributed by atoms with Crippen LogP contribution in [0, 0.1) is 34.0 Å². The van der Waals surface area contributed by atoms with Gasteiger partial charge in [0.25, 0.3) is 0 Å². The van der Waals surface area contributed by atoms with E-state index in [1.807, 2.05) is 41.8 Å². The fourth-order valence-corrected chi connectivity index (χ4v) is 2.34. The van der Waals surface area contributed by atoms with Crippen molar-refractivity contribution in [1.82, 2.24) is 0 Å². The topological polar surface area (TPSA) is 83.4 Å². The highest BCUT2D eigenvalue weighted by Crippen LogP contribution is 2.27. The van der Waals surface area contributed by atoms with Gasteiger partial charge in [-0.25, -0.2) is 0 Å². The average Bonchev–Trinajstić information content (AvgIpc) is 3.02. The molecule has 0 saturated carbocycles. The molecule has 0 bridgehead atoms. The molecule has 0 amide bonds. The largest absolute Gasteiger partial charge is 0.345 e. The van der Waals surface area contributed by atoms with Gasteiger partial charge in [-0.3, -0.25) is 0 Å². The van der Waals surface area contributed by atoms with Crippen LogP contribution in [0.25, 0.3) is 10.4 Å². The van der Waals surface area contributed by atoms with E-state index >= 15 is 0 Å². The van der Waals surface area contributed by atoms with E-state index in [2.05, 4.69) is 5.32 Å². The number of nitrogens with zero attached hydrogens (tertiary/aromatic N) is 3. The lowest BCUT2D eigenvalue weighted by molar-refractivity contribution is 1.37. The Balaban J connectivity index is 2.35. The van der Waals surface area contributed by atoms with Crippen LogP contribution in [0.4, 0.5) is 5.69 Å². The summed E-state index contributed by atoms with van der Waals surface area (Å²) in [5.41, 5.74) is 1.40. The third-order valence-corrected chi connectivity index (χ3v) is 3.44. The Kier molecular flexibility index (Phi) is 4.14. The summed E-state index contributed by atoms with van der Waals surface area (Å²) in [6.07, 6.45) is 0. The number of allylic oxidation sites excluding steroid dienone is 2. The molecule has 20 heavy (non-hydrogen) atoms. The minimum atomic E-state index is -0.228. The van der Waals surface area contributed by atoms with Gasteiger partial charge in [0.2, 0.25) is 0 Å². The number of rotatable bonds is 3. The molecule has 5 heteroatoms. The fourth-order valence-electron chi connectivity index (χ4n) is 1.62. The van der Waals surface area contributed by atoms with Gasteiger partial charge in [-0.1, -0.05) is 18.2 Å². The van der Waals surface area contributed by atoms with Crippen molar-refractivity contribution in [3.05, 3.63) is 53.0 Å². The van der Waals surface area contributed by atoms with Crippen LogP contribution >= 0.6 is 11.3 Å². The van der Waals surface area contributed by atoms with Gasteiger partial charge in [0, 0.05) is 10.6 Å². The summed E-state index contributed by atoms with van der Waals surface area (Å²) in [5, 5.41) is 31.4. The Hall–Kier alpha value is -3.07. The molecule has 0 unspecified atom stereocenters. The Morgan fingerprint density at radius 2 is 1.80 bits per heavy atom. The standard InChI is InChI=1S/C15H8N4S/c16-8-12(9-17)14(10-18)19-13-4-1-3-11(7-13)15-5-2-6-20-15/h1-7,19H. The minimum Gasteiger partial charge on any atom is -0.345 e. The summed E-state index contributed by atoms with van der Waals surface area (Å²) >= 11 is 1.62. The number of nitriles is 3. The van der Waals surface area contributed by atoms with Crippen LogP contribution in [0.1, 0.15) is 0 Å². The molecule has 0 fully saturated rings. The summed E-state index contributed by atoms with van der Waals surface area (Å²) in [6, 6.07) is 16.7. The molecule has 2 rings (SSSR count). The molecule has 0 aliphatic rings. The lowest BCUT2D eigenvalue weighted by Gasteiger charge is -2.06. The van der Waals surface area contributed by atoms with Gasteiger partial charge in [0.1, 0.15) is 23.9 Å². The lowest BCUT2D eigenvalue weighted by Crippen LogP contribution is -2.00. The maximum Gasteiger partial charge on any atom is 0.163 e. The molecular formula is C15H8N4S. The molecule has 2 aromatic rings. The Labute approximate surface area is 120 Å². The van der Waals surface area contributed by atoms with Crippen LogP contribution in [0.3, 0.4) is 0 Å². The molecule has 1 heterocycles. The Morgan fingerprint density at radius 1 is 1.00 bits per heavy atom. The van der Waals surface area contributed by atoms with Crippen molar-refractivity contribution in [2.24, 2.45) is 0 Å². The highest BCUT2D eigenvalue weighted by molar-refractivity contribution is 7.13. The number of nitrogens with one attached hydrogen (secondary N) is 1. The van der Waals surface area contributed by atoms with Crippen molar-refractivity contribution in [3.63, 3.8) is 0 Å². The van der Waals surface area contributed by atoms with E-state index in [-0.39, 0.29) is 11.3 Å². The summed E-state index contributed by atoms with van der Waals surface area (Å²) in [7, 11) is 0. The molecule has 0 atom stereocenters. The monoisotopic (exact) mass is 276 g/mol. The molecule has 0 aliphatic heterocycles. The van der Waals surface area contributed by atoms with Crippen LogP contribution in [0.15, 0.2) is 53.0 Å². The Bertz CT molecular complexity index is 751. The van der Waals surface area contributed by atoms with Crippen molar-refractivity contribution in [2.45, 2.75) is 0 Å². The van der Waals surface area contributed by atoms with Crippen LogP contribution < -0.4 is 5.32 Å². The molecule has 0 aliphatic carbocycles. The van der Waals surface area contributed by atoms with E-state index in [0.29, 0.717) is 5.69 Å². The van der Waals surface area contributed by atoms with E-state index in [0.717, 1.165) is 10.4 Å². The zero-order chi connectivity index (χ0) is 14.4. The molecule has 1 aromatic carbocycles. The van der Waals surface area contributed by atoms with Gasteiger partial charge in [-0.05, 0) is 29.1 Å². The first-order valence-electron chi connectivity index (χ1n) is 5.64. The number of anilines is 1. The highest BCUT2D eigenvalue weighted by Gasteiger charge is 2.07. The number of thiophene rings is 1. The van der Waals surface area contributed by atoms with Gasteiger partial charge >= 0.3 is 0 Å². The Morgan fingerprint density at radius 3 is 2.40 bits per heavy atom. The maximum absolute atomic E-state index is 9.00. The normalized spacial score (nSPS) is 8.85. The third kappa shape index (κ3) is 2.84. The van der Waals surface area contributed by atoms with E-state index < -0.39 is 0 Å². The second kappa shape index (κ2) is 6.20. The quantitative estimate of drug-likeness (QED) is 0.867. The second-order valence-corrected chi connectivity index (χ2v) is 4.72. The van der Waals surface area contributed by atoms with Crippen LogP contribution in [0.5, 0.6) is 0 Å². The van der Waals surface area contributed by atoms with Crippen molar-refractivity contribution in [1.29, 1.82) is 15.8 Å². The van der Waals surface area contributed by atoms with E-state index in [1.54, 1.807) is 29.5 Å². The molecule has 1 aromatic heterocycles. The molecule has 94 valence electrons. The number of hydrogen-bond donors (Lipinski definition) is 1. The van der Waals surface area contributed by atoms with Crippen LogP contribution in [0.2, 0.25) is 0 Å². The van der Waals surface area contributed by atoms with Crippen molar-refractivity contribution in [2.75, 3.05) is 5.32 Å². The van der Waals surface area contributed by atoms with Crippen LogP contribution in [-0.4, -0.2) is 0 Å². The van der Waals surface area contributed by atoms with E-state index in [1.165, 1.54) is 0 Å². The number of benzene rings is 1. The van der Waals surface area contributed by atoms with Gasteiger partial charge in [0.15, 0.2) is 5.57 Å². The van der Waals surface area contributed by atoms with E-state index in [9.17, 15) is 0 Å². The fraction of sp³-hybridized carbons (Fsp3) is 0. The summed E-state index contributed by atoms with van der Waals surface area (Å²) < 4.78 is 0. The third-order valence-electron chi connectivity index (χ3n) is 2.52. The lowest BCUT2D eigenvalue weighted by atomic mass is 10.1. The van der Waals surface area contributed by atoms with Gasteiger partial charge < -0.3 is 5.32 Å². The van der Waals surface area contributed by atoms with Gasteiger partial charge in [0.05, 0.1) is 0 Å². The second-order valence-electron chi connectivity index (χ2n) is 3.77. The molecule has 1 N–H and O–H groups in total. The smallest absolute Gasteiger partial charge is 0.163 e. The average molecular weight is 276 g/mol. The van der Waals surface area contributed by atoms with E-state index in [4.69, 9.17) is 15.8 Å². The predicted molar refractivity (Wildman–Crippen MR) is 77.2 cm³/mol. The summed E-state index contributed by atoms with van der Waals surface area (Å²) in [6.45, 7) is 0. The van der Waals surface area contributed by atoms with Gasteiger partial charge in [-0.2, -0.15) is 15.8 Å². The first kappa shape index (κ1) is 13.4. The zero-order valence-electron chi connectivity index (χ0n) is 10.3. The van der Waals surface area contributed by atoms with Gasteiger partial charge in [-0.15, -0.1) is 11.3 Å². The first-order chi connectivity index (χ1) is 9.78. The molecule has 4 nitrogen and oxygen atoms in total. The van der Waals surface area contributed by atoms with Crippen LogP contribution in [-0.2, 0) is 0 Å². The molecule has 0 radical (unpaired) electrons. The maximum atomic E-state index is 9.00.